The molecule has 0 aliphatic heterocycles. The van der Waals surface area contributed by atoms with E-state index in [0.717, 1.165) is 0 Å². The lowest BCUT2D eigenvalue weighted by Gasteiger charge is -1.97. The van der Waals surface area contributed by atoms with E-state index in [-0.39, 0.29) is 18.7 Å². The van der Waals surface area contributed by atoms with E-state index in [9.17, 15) is 4.79 Å². The predicted octanol–water partition coefficient (Wildman–Crippen LogP) is -0.764. The molecular weight excluding hydrogens is 132 g/mol. The summed E-state index contributed by atoms with van der Waals surface area (Å²) in [6.45, 7) is 0.205. The summed E-state index contributed by atoms with van der Waals surface area (Å²) < 4.78 is 1.21. The van der Waals surface area contributed by atoms with Crippen molar-refractivity contribution in [3.63, 3.8) is 0 Å². The molecule has 0 spiro atoms. The van der Waals surface area contributed by atoms with E-state index in [1.807, 2.05) is 0 Å². The van der Waals surface area contributed by atoms with Crippen LogP contribution in [0.25, 0.3) is 0 Å². The summed E-state index contributed by atoms with van der Waals surface area (Å²) in [5.41, 5.74) is -0.184. The van der Waals surface area contributed by atoms with E-state index in [1.54, 1.807) is 6.07 Å². The zero-order chi connectivity index (χ0) is 7.40. The molecule has 0 saturated carbocycles. The first-order valence-corrected chi connectivity index (χ1v) is 2.97. The van der Waals surface area contributed by atoms with Crippen LogP contribution >= 0.6 is 0 Å². The van der Waals surface area contributed by atoms with Crippen LogP contribution in [-0.4, -0.2) is 21.5 Å². The number of nitrogens with zero attached hydrogens (tertiary/aromatic N) is 2. The summed E-state index contributed by atoms with van der Waals surface area (Å²) in [6.07, 6.45) is 1.51. The predicted molar refractivity (Wildman–Crippen MR) is 35.6 cm³/mol. The Bertz CT molecular complexity index is 256. The molecule has 0 aliphatic rings. The topological polar surface area (TPSA) is 55.1 Å². The normalized spacial score (nSPS) is 9.70. The largest absolute Gasteiger partial charge is 0.394 e. The van der Waals surface area contributed by atoms with Crippen LogP contribution in [-0.2, 0) is 6.54 Å². The molecule has 0 fully saturated rings. The van der Waals surface area contributed by atoms with Gasteiger partial charge in [0, 0.05) is 12.3 Å². The summed E-state index contributed by atoms with van der Waals surface area (Å²) >= 11 is 0. The molecule has 0 aliphatic carbocycles. The zero-order valence-electron chi connectivity index (χ0n) is 5.40. The van der Waals surface area contributed by atoms with Crippen molar-refractivity contribution in [1.82, 2.24) is 9.78 Å². The fraction of sp³-hybridized carbons (Fsp3) is 0.333. The second kappa shape index (κ2) is 3.12. The van der Waals surface area contributed by atoms with E-state index in [2.05, 4.69) is 5.10 Å². The number of aliphatic hydroxyl groups excluding tert-OH is 1. The second-order valence-corrected chi connectivity index (χ2v) is 1.81. The highest BCUT2D eigenvalue weighted by Gasteiger charge is 1.90. The van der Waals surface area contributed by atoms with Gasteiger partial charge in [-0.15, -0.1) is 0 Å². The molecule has 54 valence electrons. The fourth-order valence-electron chi connectivity index (χ4n) is 0.650. The number of rotatable bonds is 2. The highest BCUT2D eigenvalue weighted by atomic mass is 16.3. The minimum atomic E-state index is -0.184. The molecular formula is C6H8N2O2. The molecule has 4 heteroatoms. The average Bonchev–Trinajstić information content (AvgIpc) is 1.94. The van der Waals surface area contributed by atoms with E-state index >= 15 is 0 Å². The van der Waals surface area contributed by atoms with Crippen molar-refractivity contribution in [1.29, 1.82) is 0 Å². The maximum atomic E-state index is 10.8. The van der Waals surface area contributed by atoms with E-state index in [4.69, 9.17) is 5.11 Å². The van der Waals surface area contributed by atoms with Gasteiger partial charge in [-0.3, -0.25) is 4.79 Å². The Hall–Kier alpha value is -1.16. The molecule has 10 heavy (non-hydrogen) atoms. The van der Waals surface area contributed by atoms with Crippen molar-refractivity contribution >= 4 is 0 Å². The van der Waals surface area contributed by atoms with Gasteiger partial charge in [-0.25, -0.2) is 4.68 Å². The summed E-state index contributed by atoms with van der Waals surface area (Å²) in [7, 11) is 0. The number of hydrogen-bond acceptors (Lipinski definition) is 3. The van der Waals surface area contributed by atoms with Crippen LogP contribution in [0.1, 0.15) is 0 Å². The van der Waals surface area contributed by atoms with Gasteiger partial charge in [0.25, 0.3) is 5.56 Å². The number of aromatic nitrogens is 2. The third-order valence-electron chi connectivity index (χ3n) is 1.10. The standard InChI is InChI=1S/C6H8N2O2/c9-5-4-8-6(10)2-1-3-7-8/h1-3,9H,4-5H2. The van der Waals surface area contributed by atoms with Gasteiger partial charge in [0.2, 0.25) is 0 Å². The summed E-state index contributed by atoms with van der Waals surface area (Å²) in [5.74, 6) is 0. The highest BCUT2D eigenvalue weighted by Crippen LogP contribution is 1.73. The molecule has 0 amide bonds. The summed E-state index contributed by atoms with van der Waals surface area (Å²) in [4.78, 5) is 10.8. The van der Waals surface area contributed by atoms with Crippen molar-refractivity contribution in [2.75, 3.05) is 6.61 Å². The quantitative estimate of drug-likeness (QED) is 0.587. The van der Waals surface area contributed by atoms with Crippen LogP contribution < -0.4 is 5.56 Å². The molecule has 1 aromatic heterocycles. The zero-order valence-corrected chi connectivity index (χ0v) is 5.40. The molecule has 0 aromatic carbocycles. The Morgan fingerprint density at radius 1 is 1.70 bits per heavy atom. The number of aliphatic hydroxyl groups is 1. The Balaban J connectivity index is 2.92. The van der Waals surface area contributed by atoms with Crippen LogP contribution in [0, 0.1) is 0 Å². The lowest BCUT2D eigenvalue weighted by atomic mass is 10.5. The molecule has 1 rings (SSSR count). The molecule has 1 N–H and O–H groups in total. The Kier molecular flexibility index (Phi) is 2.17. The average molecular weight is 140 g/mol. The van der Waals surface area contributed by atoms with E-state index in [1.165, 1.54) is 16.9 Å². The minimum Gasteiger partial charge on any atom is -0.394 e. The van der Waals surface area contributed by atoms with Crippen molar-refractivity contribution in [2.45, 2.75) is 6.54 Å². The molecule has 1 heterocycles. The Morgan fingerprint density at radius 2 is 2.50 bits per heavy atom. The minimum absolute atomic E-state index is 0.0586. The smallest absolute Gasteiger partial charge is 0.266 e. The molecule has 0 atom stereocenters. The van der Waals surface area contributed by atoms with Gasteiger partial charge >= 0.3 is 0 Å². The van der Waals surface area contributed by atoms with Crippen LogP contribution in [0.5, 0.6) is 0 Å². The van der Waals surface area contributed by atoms with Crippen LogP contribution in [0.3, 0.4) is 0 Å². The van der Waals surface area contributed by atoms with Crippen LogP contribution in [0.15, 0.2) is 23.1 Å². The third-order valence-corrected chi connectivity index (χ3v) is 1.10. The highest BCUT2D eigenvalue weighted by molar-refractivity contribution is 4.84. The molecule has 4 nitrogen and oxygen atoms in total. The Morgan fingerprint density at radius 3 is 3.10 bits per heavy atom. The molecule has 0 unspecified atom stereocenters. The van der Waals surface area contributed by atoms with Gasteiger partial charge in [0.15, 0.2) is 0 Å². The van der Waals surface area contributed by atoms with Crippen molar-refractivity contribution in [2.24, 2.45) is 0 Å². The molecule has 0 bridgehead atoms. The van der Waals surface area contributed by atoms with Gasteiger partial charge in [-0.05, 0) is 6.07 Å². The van der Waals surface area contributed by atoms with Crippen LogP contribution in [0.4, 0.5) is 0 Å². The van der Waals surface area contributed by atoms with Gasteiger partial charge in [-0.1, -0.05) is 0 Å². The lowest BCUT2D eigenvalue weighted by Crippen LogP contribution is -2.22. The van der Waals surface area contributed by atoms with Crippen LogP contribution in [0.2, 0.25) is 0 Å². The van der Waals surface area contributed by atoms with Crippen molar-refractivity contribution < 1.29 is 5.11 Å². The first-order valence-electron chi connectivity index (χ1n) is 2.97. The maximum absolute atomic E-state index is 10.8. The molecule has 0 radical (unpaired) electrons. The van der Waals surface area contributed by atoms with Crippen molar-refractivity contribution in [3.8, 4) is 0 Å². The van der Waals surface area contributed by atoms with Crippen molar-refractivity contribution in [3.05, 3.63) is 28.7 Å². The van der Waals surface area contributed by atoms with Gasteiger partial charge in [0.05, 0.1) is 13.2 Å². The van der Waals surface area contributed by atoms with Gasteiger partial charge < -0.3 is 5.11 Å². The summed E-state index contributed by atoms with van der Waals surface area (Å²) in [6, 6.07) is 2.97. The lowest BCUT2D eigenvalue weighted by molar-refractivity contribution is 0.266. The van der Waals surface area contributed by atoms with Gasteiger partial charge in [-0.2, -0.15) is 5.10 Å². The molecule has 1 aromatic rings. The second-order valence-electron chi connectivity index (χ2n) is 1.81. The third kappa shape index (κ3) is 1.41. The summed E-state index contributed by atoms with van der Waals surface area (Å²) in [5, 5.41) is 12.2. The van der Waals surface area contributed by atoms with E-state index in [0.29, 0.717) is 0 Å². The Labute approximate surface area is 57.7 Å². The maximum Gasteiger partial charge on any atom is 0.266 e. The SMILES string of the molecule is O=c1cccnn1CCO. The fourth-order valence-corrected chi connectivity index (χ4v) is 0.650. The molecule has 0 saturated heterocycles. The monoisotopic (exact) mass is 140 g/mol. The van der Waals surface area contributed by atoms with E-state index < -0.39 is 0 Å². The first kappa shape index (κ1) is 6.95. The first-order chi connectivity index (χ1) is 4.84. The number of hydrogen-bond donors (Lipinski definition) is 1. The van der Waals surface area contributed by atoms with Gasteiger partial charge in [0.1, 0.15) is 0 Å².